The van der Waals surface area contributed by atoms with Crippen molar-refractivity contribution < 1.29 is 18.7 Å². The topological polar surface area (TPSA) is 72.5 Å². The van der Waals surface area contributed by atoms with Crippen molar-refractivity contribution in [1.82, 2.24) is 15.6 Å². The van der Waals surface area contributed by atoms with Crippen molar-refractivity contribution in [2.75, 3.05) is 26.8 Å². The van der Waals surface area contributed by atoms with Crippen LogP contribution in [0.3, 0.4) is 0 Å². The highest BCUT2D eigenvalue weighted by Gasteiger charge is 2.08. The van der Waals surface area contributed by atoms with Crippen LogP contribution in [0.2, 0.25) is 0 Å². The molecule has 2 aromatic rings. The van der Waals surface area contributed by atoms with E-state index in [1.165, 1.54) is 12.1 Å². The Bertz CT molecular complexity index is 667. The van der Waals surface area contributed by atoms with Crippen LogP contribution in [0, 0.1) is 5.82 Å². The maximum Gasteiger partial charge on any atom is 0.234 e. The van der Waals surface area contributed by atoms with E-state index in [1.54, 1.807) is 37.6 Å². The SMILES string of the molecule is COCCNCC(=O)NCc1cccnc1Oc1cccc(F)c1. The van der Waals surface area contributed by atoms with Crippen molar-refractivity contribution in [3.63, 3.8) is 0 Å². The summed E-state index contributed by atoms with van der Waals surface area (Å²) < 4.78 is 23.7. The number of nitrogens with zero attached hydrogens (tertiary/aromatic N) is 1. The number of rotatable bonds is 9. The molecule has 0 unspecified atom stereocenters. The quantitative estimate of drug-likeness (QED) is 0.686. The van der Waals surface area contributed by atoms with Crippen LogP contribution in [0.25, 0.3) is 0 Å². The molecule has 0 aliphatic heterocycles. The minimum Gasteiger partial charge on any atom is -0.439 e. The molecule has 7 heteroatoms. The molecular weight excluding hydrogens is 313 g/mol. The molecule has 0 bridgehead atoms. The molecule has 6 nitrogen and oxygen atoms in total. The van der Waals surface area contributed by atoms with Gasteiger partial charge in [0.2, 0.25) is 11.8 Å². The Balaban J connectivity index is 1.90. The van der Waals surface area contributed by atoms with Crippen LogP contribution in [0.4, 0.5) is 4.39 Å². The van der Waals surface area contributed by atoms with E-state index in [-0.39, 0.29) is 24.8 Å². The molecule has 0 aliphatic carbocycles. The van der Waals surface area contributed by atoms with Crippen LogP contribution >= 0.6 is 0 Å². The van der Waals surface area contributed by atoms with Crippen LogP contribution in [0.5, 0.6) is 11.6 Å². The van der Waals surface area contributed by atoms with Crippen LogP contribution in [-0.2, 0) is 16.1 Å². The lowest BCUT2D eigenvalue weighted by molar-refractivity contribution is -0.120. The van der Waals surface area contributed by atoms with Gasteiger partial charge in [-0.2, -0.15) is 0 Å². The number of hydrogen-bond donors (Lipinski definition) is 2. The van der Waals surface area contributed by atoms with Crippen LogP contribution in [-0.4, -0.2) is 37.7 Å². The van der Waals surface area contributed by atoms with E-state index in [1.807, 2.05) is 0 Å². The molecule has 0 aliphatic rings. The van der Waals surface area contributed by atoms with E-state index >= 15 is 0 Å². The van der Waals surface area contributed by atoms with Crippen molar-refractivity contribution in [3.8, 4) is 11.6 Å². The number of hydrogen-bond acceptors (Lipinski definition) is 5. The van der Waals surface area contributed by atoms with Gasteiger partial charge in [0.1, 0.15) is 11.6 Å². The standard InChI is InChI=1S/C17H20FN3O3/c1-23-9-8-19-12-16(22)21-11-13-4-3-7-20-17(13)24-15-6-2-5-14(18)10-15/h2-7,10,19H,8-9,11-12H2,1H3,(H,21,22). The Hall–Kier alpha value is -2.51. The first-order valence-corrected chi connectivity index (χ1v) is 7.52. The number of ether oxygens (including phenoxy) is 2. The van der Waals surface area contributed by atoms with Gasteiger partial charge in [-0.25, -0.2) is 9.37 Å². The molecule has 24 heavy (non-hydrogen) atoms. The molecule has 0 spiro atoms. The normalized spacial score (nSPS) is 10.4. The van der Waals surface area contributed by atoms with Gasteiger partial charge in [0.05, 0.1) is 13.2 Å². The van der Waals surface area contributed by atoms with Gasteiger partial charge in [0.15, 0.2) is 0 Å². The molecule has 2 rings (SSSR count). The predicted octanol–water partition coefficient (Wildman–Crippen LogP) is 1.87. The molecule has 128 valence electrons. The van der Waals surface area contributed by atoms with E-state index in [9.17, 15) is 9.18 Å². The number of halogens is 1. The van der Waals surface area contributed by atoms with Crippen molar-refractivity contribution in [2.24, 2.45) is 0 Å². The fourth-order valence-corrected chi connectivity index (χ4v) is 1.93. The molecule has 0 radical (unpaired) electrons. The summed E-state index contributed by atoms with van der Waals surface area (Å²) >= 11 is 0. The Morgan fingerprint density at radius 3 is 2.96 bits per heavy atom. The second-order valence-electron chi connectivity index (χ2n) is 4.97. The number of nitrogens with one attached hydrogen (secondary N) is 2. The third-order valence-corrected chi connectivity index (χ3v) is 3.11. The van der Waals surface area contributed by atoms with Crippen LogP contribution < -0.4 is 15.4 Å². The van der Waals surface area contributed by atoms with Gasteiger partial charge in [-0.3, -0.25) is 4.79 Å². The molecule has 0 saturated heterocycles. The number of amides is 1. The number of aromatic nitrogens is 1. The minimum atomic E-state index is -0.389. The van der Waals surface area contributed by atoms with Crippen molar-refractivity contribution in [2.45, 2.75) is 6.54 Å². The lowest BCUT2D eigenvalue weighted by Gasteiger charge is -2.11. The summed E-state index contributed by atoms with van der Waals surface area (Å²) in [4.78, 5) is 15.9. The molecule has 1 heterocycles. The summed E-state index contributed by atoms with van der Waals surface area (Å²) in [6.45, 7) is 1.61. The highest BCUT2D eigenvalue weighted by atomic mass is 19.1. The lowest BCUT2D eigenvalue weighted by Crippen LogP contribution is -2.34. The van der Waals surface area contributed by atoms with Crippen molar-refractivity contribution in [3.05, 3.63) is 54.0 Å². The van der Waals surface area contributed by atoms with Crippen molar-refractivity contribution >= 4 is 5.91 Å². The fraction of sp³-hybridized carbons (Fsp3) is 0.294. The minimum absolute atomic E-state index is 0.147. The molecule has 2 N–H and O–H groups in total. The van der Waals surface area contributed by atoms with Gasteiger partial charge in [-0.15, -0.1) is 0 Å². The smallest absolute Gasteiger partial charge is 0.234 e. The highest BCUT2D eigenvalue weighted by Crippen LogP contribution is 2.23. The monoisotopic (exact) mass is 333 g/mol. The summed E-state index contributed by atoms with van der Waals surface area (Å²) in [7, 11) is 1.60. The Labute approximate surface area is 140 Å². The average molecular weight is 333 g/mol. The number of pyridine rings is 1. The van der Waals surface area contributed by atoms with Gasteiger partial charge in [-0.05, 0) is 18.2 Å². The van der Waals surface area contributed by atoms with E-state index in [2.05, 4.69) is 15.6 Å². The maximum absolute atomic E-state index is 13.2. The van der Waals surface area contributed by atoms with E-state index in [4.69, 9.17) is 9.47 Å². The van der Waals surface area contributed by atoms with E-state index in [0.717, 1.165) is 0 Å². The lowest BCUT2D eigenvalue weighted by atomic mass is 10.2. The largest absolute Gasteiger partial charge is 0.439 e. The average Bonchev–Trinajstić information content (AvgIpc) is 2.58. The zero-order valence-electron chi connectivity index (χ0n) is 13.4. The zero-order chi connectivity index (χ0) is 17.2. The molecule has 0 saturated carbocycles. The van der Waals surface area contributed by atoms with Gasteiger partial charge in [-0.1, -0.05) is 12.1 Å². The molecule has 1 amide bonds. The second kappa shape index (κ2) is 9.59. The van der Waals surface area contributed by atoms with E-state index < -0.39 is 0 Å². The molecular formula is C17H20FN3O3. The molecule has 0 atom stereocenters. The fourth-order valence-electron chi connectivity index (χ4n) is 1.93. The summed E-state index contributed by atoms with van der Waals surface area (Å²) in [6, 6.07) is 9.34. The van der Waals surface area contributed by atoms with E-state index in [0.29, 0.717) is 30.3 Å². The molecule has 0 fully saturated rings. The first-order chi connectivity index (χ1) is 11.7. The third-order valence-electron chi connectivity index (χ3n) is 3.11. The summed E-state index contributed by atoms with van der Waals surface area (Å²) in [6.07, 6.45) is 1.58. The van der Waals surface area contributed by atoms with Crippen LogP contribution in [0.1, 0.15) is 5.56 Å². The zero-order valence-corrected chi connectivity index (χ0v) is 13.4. The number of carbonyl (C=O) groups is 1. The Kier molecular flexibility index (Phi) is 7.13. The first kappa shape index (κ1) is 17.8. The first-order valence-electron chi connectivity index (χ1n) is 7.52. The summed E-state index contributed by atoms with van der Waals surface area (Å²) in [5, 5.41) is 5.73. The Morgan fingerprint density at radius 1 is 1.29 bits per heavy atom. The molecule has 1 aromatic carbocycles. The second-order valence-corrected chi connectivity index (χ2v) is 4.97. The summed E-state index contributed by atoms with van der Waals surface area (Å²) in [5.74, 6) is 0.144. The van der Waals surface area contributed by atoms with Gasteiger partial charge in [0.25, 0.3) is 0 Å². The number of carbonyl (C=O) groups excluding carboxylic acids is 1. The number of benzene rings is 1. The van der Waals surface area contributed by atoms with Crippen molar-refractivity contribution in [1.29, 1.82) is 0 Å². The Morgan fingerprint density at radius 2 is 2.17 bits per heavy atom. The highest BCUT2D eigenvalue weighted by molar-refractivity contribution is 5.78. The number of methoxy groups -OCH3 is 1. The van der Waals surface area contributed by atoms with Gasteiger partial charge in [0, 0.05) is 38.0 Å². The van der Waals surface area contributed by atoms with Crippen LogP contribution in [0.15, 0.2) is 42.6 Å². The predicted molar refractivity (Wildman–Crippen MR) is 87.3 cm³/mol. The maximum atomic E-state index is 13.2. The van der Waals surface area contributed by atoms with Gasteiger partial charge < -0.3 is 20.1 Å². The third kappa shape index (κ3) is 5.94. The summed E-state index contributed by atoms with van der Waals surface area (Å²) in [5.41, 5.74) is 0.701. The molecule has 1 aromatic heterocycles. The van der Waals surface area contributed by atoms with Gasteiger partial charge >= 0.3 is 0 Å².